The first-order chi connectivity index (χ1) is 13.9. The predicted molar refractivity (Wildman–Crippen MR) is 124 cm³/mol. The van der Waals surface area contributed by atoms with Crippen molar-refractivity contribution < 1.29 is 5.11 Å². The molecule has 0 aromatic rings. The van der Waals surface area contributed by atoms with Crippen molar-refractivity contribution in [3.63, 3.8) is 0 Å². The molecule has 4 aliphatic rings. The van der Waals surface area contributed by atoms with Gasteiger partial charge < -0.3 is 5.11 Å². The van der Waals surface area contributed by atoms with E-state index in [2.05, 4.69) is 51.7 Å². The van der Waals surface area contributed by atoms with Crippen molar-refractivity contribution in [2.45, 2.75) is 91.1 Å². The van der Waals surface area contributed by atoms with Crippen LogP contribution in [-0.2, 0) is 0 Å². The molecule has 1 nitrogen and oxygen atoms in total. The van der Waals surface area contributed by atoms with Crippen LogP contribution in [0.15, 0.2) is 47.6 Å². The van der Waals surface area contributed by atoms with Gasteiger partial charge in [-0.1, -0.05) is 62.8 Å². The maximum absolute atomic E-state index is 10.2. The standard InChI is InChI=1S/C28H42O/c1-19-7-8-20(2)24(18-19)13-10-22-6-5-17-28(4)25(14-15-26(22)28)21(3)9-16-27(29)23-11-12-23/h9-10,13,16,19,21,23,25-27,29H,2,5-8,11-12,14-15,17-18H2,1,3-4H3/b16-9+,22-10+,24-13+/t19-,21+,25+,26-,27-,28+/m0/s1. The summed E-state index contributed by atoms with van der Waals surface area (Å²) in [4.78, 5) is 0. The van der Waals surface area contributed by atoms with Crippen molar-refractivity contribution in [1.82, 2.24) is 0 Å². The molecule has 4 saturated carbocycles. The Hall–Kier alpha value is -1.08. The first kappa shape index (κ1) is 21.2. The molecule has 29 heavy (non-hydrogen) atoms. The Labute approximate surface area is 179 Å². The minimum atomic E-state index is -0.207. The van der Waals surface area contributed by atoms with Crippen LogP contribution in [0.25, 0.3) is 0 Å². The maximum Gasteiger partial charge on any atom is 0.0749 e. The first-order valence-corrected chi connectivity index (χ1v) is 12.3. The Bertz CT molecular complexity index is 706. The average molecular weight is 395 g/mol. The lowest BCUT2D eigenvalue weighted by atomic mass is 9.61. The van der Waals surface area contributed by atoms with E-state index in [-0.39, 0.29) is 6.10 Å². The second-order valence-corrected chi connectivity index (χ2v) is 11.1. The van der Waals surface area contributed by atoms with Crippen LogP contribution in [0.3, 0.4) is 0 Å². The summed E-state index contributed by atoms with van der Waals surface area (Å²) in [5, 5.41) is 10.2. The Morgan fingerprint density at radius 2 is 1.86 bits per heavy atom. The third kappa shape index (κ3) is 4.50. The summed E-state index contributed by atoms with van der Waals surface area (Å²) in [7, 11) is 0. The highest BCUT2D eigenvalue weighted by Crippen LogP contribution is 2.59. The van der Waals surface area contributed by atoms with Crippen molar-refractivity contribution >= 4 is 0 Å². The summed E-state index contributed by atoms with van der Waals surface area (Å²) < 4.78 is 0. The van der Waals surface area contributed by atoms with Gasteiger partial charge in [0.25, 0.3) is 0 Å². The molecule has 0 saturated heterocycles. The van der Waals surface area contributed by atoms with E-state index in [0.29, 0.717) is 17.3 Å². The zero-order valence-corrected chi connectivity index (χ0v) is 19.0. The van der Waals surface area contributed by atoms with Crippen LogP contribution in [0, 0.1) is 35.0 Å². The van der Waals surface area contributed by atoms with Gasteiger partial charge in [0, 0.05) is 0 Å². The number of rotatable bonds is 5. The molecular weight excluding hydrogens is 352 g/mol. The Morgan fingerprint density at radius 3 is 2.62 bits per heavy atom. The molecule has 4 rings (SSSR count). The average Bonchev–Trinajstić information content (AvgIpc) is 3.48. The quantitative estimate of drug-likeness (QED) is 0.482. The molecule has 160 valence electrons. The first-order valence-electron chi connectivity index (χ1n) is 12.3. The largest absolute Gasteiger partial charge is 0.389 e. The summed E-state index contributed by atoms with van der Waals surface area (Å²) in [6, 6.07) is 0. The van der Waals surface area contributed by atoms with E-state index in [4.69, 9.17) is 0 Å². The third-order valence-electron chi connectivity index (χ3n) is 8.85. The number of hydrogen-bond acceptors (Lipinski definition) is 1. The van der Waals surface area contributed by atoms with Crippen molar-refractivity contribution in [2.75, 3.05) is 0 Å². The molecule has 4 fully saturated rings. The van der Waals surface area contributed by atoms with Gasteiger partial charge in [0.1, 0.15) is 0 Å². The van der Waals surface area contributed by atoms with Crippen LogP contribution in [0.5, 0.6) is 0 Å². The van der Waals surface area contributed by atoms with Gasteiger partial charge in [-0.05, 0) is 105 Å². The molecule has 4 aliphatic carbocycles. The summed E-state index contributed by atoms with van der Waals surface area (Å²) in [6.07, 6.45) is 21.9. The van der Waals surface area contributed by atoms with Gasteiger partial charge in [0.2, 0.25) is 0 Å². The summed E-state index contributed by atoms with van der Waals surface area (Å²) >= 11 is 0. The molecule has 0 bridgehead atoms. The molecule has 0 aromatic carbocycles. The van der Waals surface area contributed by atoms with Crippen molar-refractivity contribution in [3.8, 4) is 0 Å². The van der Waals surface area contributed by atoms with Gasteiger partial charge in [-0.15, -0.1) is 0 Å². The fourth-order valence-electron chi connectivity index (χ4n) is 6.76. The topological polar surface area (TPSA) is 20.2 Å². The zero-order valence-electron chi connectivity index (χ0n) is 19.0. The summed E-state index contributed by atoms with van der Waals surface area (Å²) in [5.41, 5.74) is 5.00. The van der Waals surface area contributed by atoms with E-state index in [1.54, 1.807) is 5.57 Å². The van der Waals surface area contributed by atoms with Crippen LogP contribution in [0.4, 0.5) is 0 Å². The highest BCUT2D eigenvalue weighted by Gasteiger charge is 2.50. The summed E-state index contributed by atoms with van der Waals surface area (Å²) in [5.74, 6) is 3.40. The smallest absolute Gasteiger partial charge is 0.0749 e. The van der Waals surface area contributed by atoms with Crippen LogP contribution in [-0.4, -0.2) is 11.2 Å². The van der Waals surface area contributed by atoms with Crippen LogP contribution < -0.4 is 0 Å². The number of hydrogen-bond donors (Lipinski definition) is 1. The van der Waals surface area contributed by atoms with Gasteiger partial charge in [-0.2, -0.15) is 0 Å². The second kappa shape index (κ2) is 8.58. The number of aliphatic hydroxyl groups is 1. The van der Waals surface area contributed by atoms with Crippen LogP contribution in [0.1, 0.15) is 85.0 Å². The lowest BCUT2D eigenvalue weighted by Gasteiger charge is -2.44. The minimum Gasteiger partial charge on any atom is -0.389 e. The van der Waals surface area contributed by atoms with Crippen molar-refractivity contribution in [3.05, 3.63) is 47.6 Å². The zero-order chi connectivity index (χ0) is 20.6. The Kier molecular flexibility index (Phi) is 6.26. The Balaban J connectivity index is 1.47. The van der Waals surface area contributed by atoms with E-state index >= 15 is 0 Å². The molecule has 6 atom stereocenters. The third-order valence-corrected chi connectivity index (χ3v) is 8.85. The number of aliphatic hydroxyl groups excluding tert-OH is 1. The highest BCUT2D eigenvalue weighted by molar-refractivity contribution is 5.36. The van der Waals surface area contributed by atoms with E-state index in [9.17, 15) is 5.11 Å². The van der Waals surface area contributed by atoms with Gasteiger partial charge in [0.05, 0.1) is 6.10 Å². The second-order valence-electron chi connectivity index (χ2n) is 11.1. The summed E-state index contributed by atoms with van der Waals surface area (Å²) in [6.45, 7) is 11.7. The highest BCUT2D eigenvalue weighted by atomic mass is 16.3. The molecule has 1 N–H and O–H groups in total. The van der Waals surface area contributed by atoms with Crippen molar-refractivity contribution in [2.24, 2.45) is 35.0 Å². The Morgan fingerprint density at radius 1 is 1.07 bits per heavy atom. The molecule has 0 aliphatic heterocycles. The van der Waals surface area contributed by atoms with Crippen LogP contribution >= 0.6 is 0 Å². The molecule has 1 heteroatoms. The van der Waals surface area contributed by atoms with Crippen molar-refractivity contribution in [1.29, 1.82) is 0 Å². The van der Waals surface area contributed by atoms with E-state index < -0.39 is 0 Å². The number of fused-ring (bicyclic) bond motifs is 1. The van der Waals surface area contributed by atoms with Gasteiger partial charge >= 0.3 is 0 Å². The maximum atomic E-state index is 10.2. The SMILES string of the molecule is C=C1CC[C@H](C)C/C1=C\C=C1/CCC[C@]2(C)[C@@H]([C@H](C)/C=C/[C@H](O)C3CC3)CC[C@@H]12. The molecule has 0 spiro atoms. The monoisotopic (exact) mass is 394 g/mol. The fourth-order valence-corrected chi connectivity index (χ4v) is 6.76. The van der Waals surface area contributed by atoms with Gasteiger partial charge in [-0.3, -0.25) is 0 Å². The molecule has 0 unspecified atom stereocenters. The molecule has 0 amide bonds. The van der Waals surface area contributed by atoms with Gasteiger partial charge in [0.15, 0.2) is 0 Å². The molecule has 0 radical (unpaired) electrons. The molecule has 0 heterocycles. The number of allylic oxidation sites excluding steroid dienone is 6. The molecular formula is C28H42O. The van der Waals surface area contributed by atoms with E-state index in [0.717, 1.165) is 17.8 Å². The normalized spacial score (nSPS) is 40.6. The van der Waals surface area contributed by atoms with E-state index in [1.165, 1.54) is 75.4 Å². The lowest BCUT2D eigenvalue weighted by Crippen LogP contribution is -2.35. The lowest BCUT2D eigenvalue weighted by molar-refractivity contribution is 0.111. The van der Waals surface area contributed by atoms with E-state index in [1.807, 2.05) is 0 Å². The van der Waals surface area contributed by atoms with Gasteiger partial charge in [-0.25, -0.2) is 0 Å². The predicted octanol–water partition coefficient (Wildman–Crippen LogP) is 7.40. The molecule has 0 aromatic heterocycles. The fraction of sp³-hybridized carbons (Fsp3) is 0.714. The minimum absolute atomic E-state index is 0.207. The van der Waals surface area contributed by atoms with Crippen LogP contribution in [0.2, 0.25) is 0 Å².